The predicted molar refractivity (Wildman–Crippen MR) is 90.4 cm³/mol. The summed E-state index contributed by atoms with van der Waals surface area (Å²) in [6.07, 6.45) is 1.58. The van der Waals surface area contributed by atoms with Crippen molar-refractivity contribution in [3.8, 4) is 11.8 Å². The molecule has 1 N–H and O–H groups in total. The Balaban J connectivity index is 2.41. The van der Waals surface area contributed by atoms with E-state index in [9.17, 15) is 9.59 Å². The van der Waals surface area contributed by atoms with Gasteiger partial charge in [0.2, 0.25) is 0 Å². The van der Waals surface area contributed by atoms with Crippen LogP contribution in [0.5, 0.6) is 5.75 Å². The van der Waals surface area contributed by atoms with Crippen LogP contribution in [0.15, 0.2) is 48.2 Å². The molecule has 0 spiro atoms. The lowest BCUT2D eigenvalue weighted by molar-refractivity contribution is -0.136. The zero-order chi connectivity index (χ0) is 18.4. The number of nitrogens with zero attached hydrogens (tertiary/aromatic N) is 2. The lowest BCUT2D eigenvalue weighted by atomic mass is 9.95. The van der Waals surface area contributed by atoms with E-state index in [1.54, 1.807) is 37.3 Å². The van der Waals surface area contributed by atoms with Crippen LogP contribution in [0.2, 0.25) is 0 Å². The van der Waals surface area contributed by atoms with Crippen LogP contribution in [0.3, 0.4) is 0 Å². The summed E-state index contributed by atoms with van der Waals surface area (Å²) in [5.41, 5.74) is 1.58. The van der Waals surface area contributed by atoms with Crippen molar-refractivity contribution in [2.75, 3.05) is 20.3 Å². The van der Waals surface area contributed by atoms with Crippen LogP contribution in [0.4, 0.5) is 4.79 Å². The molecule has 7 nitrogen and oxygen atoms in total. The smallest absolute Gasteiger partial charge is 0.337 e. The summed E-state index contributed by atoms with van der Waals surface area (Å²) in [6, 6.07) is 7.76. The summed E-state index contributed by atoms with van der Waals surface area (Å²) in [5.74, 6) is 0.0161. The number of allylic oxidation sites excluding steroid dienone is 1. The SMILES string of the molecule is C=CCN1C(=O)N[C@@H](c2ccc(OCC#N)cc2)C(C(=O)OC)=C1C. The molecule has 0 radical (unpaired) electrons. The Morgan fingerprint density at radius 3 is 2.68 bits per heavy atom. The first-order chi connectivity index (χ1) is 12.0. The second-order valence-electron chi connectivity index (χ2n) is 5.29. The molecule has 0 saturated heterocycles. The highest BCUT2D eigenvalue weighted by Crippen LogP contribution is 2.31. The van der Waals surface area contributed by atoms with Gasteiger partial charge in [-0.25, -0.2) is 9.59 Å². The number of ether oxygens (including phenoxy) is 2. The Morgan fingerprint density at radius 2 is 2.12 bits per heavy atom. The Morgan fingerprint density at radius 1 is 1.44 bits per heavy atom. The zero-order valence-corrected chi connectivity index (χ0v) is 14.1. The number of amides is 2. The zero-order valence-electron chi connectivity index (χ0n) is 14.1. The summed E-state index contributed by atoms with van der Waals surface area (Å²) in [6.45, 7) is 5.56. The number of esters is 1. The molecular weight excluding hydrogens is 322 g/mol. The third-order valence-corrected chi connectivity index (χ3v) is 3.83. The van der Waals surface area contributed by atoms with Crippen LogP contribution in [-0.4, -0.2) is 37.2 Å². The molecule has 130 valence electrons. The minimum absolute atomic E-state index is 0.0531. The van der Waals surface area contributed by atoms with E-state index in [2.05, 4.69) is 11.9 Å². The number of nitrogens with one attached hydrogen (secondary N) is 1. The summed E-state index contributed by atoms with van der Waals surface area (Å²) >= 11 is 0. The second kappa shape index (κ2) is 8.02. The number of methoxy groups -OCH3 is 1. The summed E-state index contributed by atoms with van der Waals surface area (Å²) < 4.78 is 10.1. The van der Waals surface area contributed by atoms with Crippen molar-refractivity contribution in [2.24, 2.45) is 0 Å². The highest BCUT2D eigenvalue weighted by atomic mass is 16.5. The first-order valence-electron chi connectivity index (χ1n) is 7.61. The number of nitriles is 1. The van der Waals surface area contributed by atoms with E-state index >= 15 is 0 Å². The number of benzene rings is 1. The third-order valence-electron chi connectivity index (χ3n) is 3.83. The minimum Gasteiger partial charge on any atom is -0.479 e. The summed E-state index contributed by atoms with van der Waals surface area (Å²) in [4.78, 5) is 26.1. The monoisotopic (exact) mass is 341 g/mol. The molecule has 0 bridgehead atoms. The van der Waals surface area contributed by atoms with Gasteiger partial charge in [0.1, 0.15) is 11.8 Å². The van der Waals surface area contributed by atoms with Gasteiger partial charge in [0.15, 0.2) is 6.61 Å². The van der Waals surface area contributed by atoms with Gasteiger partial charge in [0, 0.05) is 12.2 Å². The second-order valence-corrected chi connectivity index (χ2v) is 5.29. The molecule has 2 rings (SSSR count). The molecule has 1 aromatic carbocycles. The van der Waals surface area contributed by atoms with Crippen LogP contribution in [-0.2, 0) is 9.53 Å². The van der Waals surface area contributed by atoms with Gasteiger partial charge < -0.3 is 14.8 Å². The van der Waals surface area contributed by atoms with Crippen LogP contribution >= 0.6 is 0 Å². The standard InChI is InChI=1S/C18H19N3O4/c1-4-10-21-12(2)15(17(22)24-3)16(20-18(21)23)13-5-7-14(8-6-13)25-11-9-19/h4-8,16H,1,10-11H2,2-3H3,(H,20,23)/t16-/m0/s1. The van der Waals surface area contributed by atoms with Gasteiger partial charge in [-0.05, 0) is 24.6 Å². The molecule has 0 aliphatic carbocycles. The fraction of sp³-hybridized carbons (Fsp3) is 0.278. The highest BCUT2D eigenvalue weighted by molar-refractivity contribution is 5.95. The van der Waals surface area contributed by atoms with Crippen molar-refractivity contribution in [3.05, 3.63) is 53.8 Å². The maximum Gasteiger partial charge on any atom is 0.337 e. The fourth-order valence-electron chi connectivity index (χ4n) is 2.63. The van der Waals surface area contributed by atoms with E-state index in [1.807, 2.05) is 6.07 Å². The van der Waals surface area contributed by atoms with E-state index in [0.717, 1.165) is 0 Å². The molecule has 0 saturated carbocycles. The lowest BCUT2D eigenvalue weighted by Gasteiger charge is -2.34. The molecule has 0 aromatic heterocycles. The average molecular weight is 341 g/mol. The van der Waals surface area contributed by atoms with Crippen LogP contribution < -0.4 is 10.1 Å². The molecule has 1 aromatic rings. The van der Waals surface area contributed by atoms with E-state index in [1.165, 1.54) is 12.0 Å². The predicted octanol–water partition coefficient (Wildman–Crippen LogP) is 2.29. The van der Waals surface area contributed by atoms with Gasteiger partial charge in [-0.3, -0.25) is 4.90 Å². The number of hydrogen-bond acceptors (Lipinski definition) is 5. The molecule has 25 heavy (non-hydrogen) atoms. The summed E-state index contributed by atoms with van der Waals surface area (Å²) in [5, 5.41) is 11.4. The molecule has 1 heterocycles. The summed E-state index contributed by atoms with van der Waals surface area (Å²) in [7, 11) is 1.30. The molecule has 0 fully saturated rings. The Bertz CT molecular complexity index is 747. The topological polar surface area (TPSA) is 91.7 Å². The Labute approximate surface area is 146 Å². The number of rotatable bonds is 6. The van der Waals surface area contributed by atoms with Crippen molar-refractivity contribution in [1.82, 2.24) is 10.2 Å². The molecule has 7 heteroatoms. The molecule has 1 aliphatic rings. The molecule has 1 atom stereocenters. The van der Waals surface area contributed by atoms with Crippen LogP contribution in [0.1, 0.15) is 18.5 Å². The van der Waals surface area contributed by atoms with Gasteiger partial charge in [0.05, 0.1) is 18.7 Å². The Kier molecular flexibility index (Phi) is 5.79. The van der Waals surface area contributed by atoms with Crippen LogP contribution in [0.25, 0.3) is 0 Å². The van der Waals surface area contributed by atoms with E-state index in [-0.39, 0.29) is 19.2 Å². The quantitative estimate of drug-likeness (QED) is 0.633. The van der Waals surface area contributed by atoms with Gasteiger partial charge >= 0.3 is 12.0 Å². The average Bonchev–Trinajstić information content (AvgIpc) is 2.63. The number of carbonyl (C=O) groups excluding carboxylic acids is 2. The van der Waals surface area contributed by atoms with Crippen molar-refractivity contribution >= 4 is 12.0 Å². The third kappa shape index (κ3) is 3.80. The van der Waals surface area contributed by atoms with Crippen molar-refractivity contribution < 1.29 is 19.1 Å². The van der Waals surface area contributed by atoms with Gasteiger partial charge in [-0.2, -0.15) is 5.26 Å². The lowest BCUT2D eigenvalue weighted by Crippen LogP contribution is -2.47. The van der Waals surface area contributed by atoms with Crippen LogP contribution in [0, 0.1) is 11.3 Å². The normalized spacial score (nSPS) is 16.8. The maximum atomic E-state index is 12.4. The van der Waals surface area contributed by atoms with Crippen molar-refractivity contribution in [3.63, 3.8) is 0 Å². The molecular formula is C18H19N3O4. The van der Waals surface area contributed by atoms with Gasteiger partial charge in [-0.1, -0.05) is 18.2 Å². The first kappa shape index (κ1) is 18.1. The maximum absolute atomic E-state index is 12.4. The van der Waals surface area contributed by atoms with E-state index in [4.69, 9.17) is 14.7 Å². The van der Waals surface area contributed by atoms with E-state index in [0.29, 0.717) is 22.6 Å². The molecule has 2 amide bonds. The highest BCUT2D eigenvalue weighted by Gasteiger charge is 2.35. The number of carbonyl (C=O) groups is 2. The van der Waals surface area contributed by atoms with E-state index < -0.39 is 12.0 Å². The first-order valence-corrected chi connectivity index (χ1v) is 7.61. The van der Waals surface area contributed by atoms with Crippen molar-refractivity contribution in [1.29, 1.82) is 5.26 Å². The largest absolute Gasteiger partial charge is 0.479 e. The number of hydrogen-bond donors (Lipinski definition) is 1. The minimum atomic E-state index is -0.633. The van der Waals surface area contributed by atoms with Gasteiger partial charge in [0.25, 0.3) is 0 Å². The molecule has 0 unspecified atom stereocenters. The van der Waals surface area contributed by atoms with Gasteiger partial charge in [-0.15, -0.1) is 6.58 Å². The number of urea groups is 1. The van der Waals surface area contributed by atoms with Crippen molar-refractivity contribution in [2.45, 2.75) is 13.0 Å². The Hall–Kier alpha value is -3.27. The molecule has 1 aliphatic heterocycles. The fourth-order valence-corrected chi connectivity index (χ4v) is 2.63.